The molecule has 8 N–H and O–H groups in total. The number of aliphatic hydroxyl groups is 6. The number of hydrogen-bond donors (Lipinski definition) is 8. The first-order chi connectivity index (χ1) is 15.9. The first-order valence-electron chi connectivity index (χ1n) is 9.82. The number of carbonyl (C=O) groups excluding carboxylic acids is 3. The lowest BCUT2D eigenvalue weighted by Crippen LogP contribution is -2.42. The molecule has 0 heterocycles. The van der Waals surface area contributed by atoms with E-state index >= 15 is 0 Å². The molecule has 0 spiro atoms. The van der Waals surface area contributed by atoms with Gasteiger partial charge in [0.2, 0.25) is 5.91 Å². The quantitative estimate of drug-likeness (QED) is 0.114. The summed E-state index contributed by atoms with van der Waals surface area (Å²) in [6, 6.07) is -0.973. The van der Waals surface area contributed by atoms with Crippen LogP contribution in [0.4, 0.5) is 5.69 Å². The van der Waals surface area contributed by atoms with Crippen LogP contribution in [0.3, 0.4) is 0 Å². The van der Waals surface area contributed by atoms with E-state index in [1.54, 1.807) is 22.6 Å². The second-order valence-electron chi connectivity index (χ2n) is 7.09. The number of nitrogens with one attached hydrogen (secondary N) is 2. The van der Waals surface area contributed by atoms with Crippen LogP contribution in [0.1, 0.15) is 27.6 Å². The smallest absolute Gasteiger partial charge is 0.253 e. The number of rotatable bonds is 12. The van der Waals surface area contributed by atoms with Crippen molar-refractivity contribution in [2.24, 2.45) is 0 Å². The Morgan fingerprint density at radius 2 is 1.32 bits per heavy atom. The van der Waals surface area contributed by atoms with Crippen LogP contribution in [0.15, 0.2) is 0 Å². The molecule has 0 aliphatic heterocycles. The van der Waals surface area contributed by atoms with E-state index in [1.807, 2.05) is 45.2 Å². The summed E-state index contributed by atoms with van der Waals surface area (Å²) in [6.07, 6.45) is -2.51. The van der Waals surface area contributed by atoms with Gasteiger partial charge < -0.3 is 46.2 Å². The molecule has 1 aromatic rings. The maximum Gasteiger partial charge on any atom is 0.253 e. The number of anilines is 1. The van der Waals surface area contributed by atoms with Crippen molar-refractivity contribution in [1.82, 2.24) is 10.6 Å². The molecule has 2 unspecified atom stereocenters. The standard InChI is InChI=1S/C19H26I3N3O9/c1-8(30)25(3-11(32)7-29)17-15(21)12(18(33)23-2-10(31)6-28)14(20)13(16(17)22)19(34)24-9(4-26)5-27/h9-11,26-29,31-32H,2-7H2,1H3,(H,23,33)(H,24,34). The molecule has 0 saturated carbocycles. The van der Waals surface area contributed by atoms with Crippen molar-refractivity contribution >= 4 is 91.2 Å². The first-order valence-corrected chi connectivity index (χ1v) is 13.1. The molecule has 192 valence electrons. The topological polar surface area (TPSA) is 200 Å². The van der Waals surface area contributed by atoms with Crippen LogP contribution in [-0.2, 0) is 4.79 Å². The second kappa shape index (κ2) is 15.0. The van der Waals surface area contributed by atoms with Gasteiger partial charge in [0.25, 0.3) is 11.8 Å². The molecule has 0 saturated heterocycles. The Bertz CT molecular complexity index is 900. The molecule has 1 aromatic carbocycles. The van der Waals surface area contributed by atoms with Crippen molar-refractivity contribution < 1.29 is 45.0 Å². The summed E-state index contributed by atoms with van der Waals surface area (Å²) in [6.45, 7) is -1.67. The Kier molecular flexibility index (Phi) is 13.9. The number of nitrogens with zero attached hydrogens (tertiary/aromatic N) is 1. The van der Waals surface area contributed by atoms with Crippen LogP contribution < -0.4 is 15.5 Å². The predicted octanol–water partition coefficient (Wildman–Crippen LogP) is -1.63. The highest BCUT2D eigenvalue weighted by Gasteiger charge is 2.32. The maximum atomic E-state index is 13.1. The largest absolute Gasteiger partial charge is 0.394 e. The number of aliphatic hydroxyl groups excluding tert-OH is 6. The van der Waals surface area contributed by atoms with E-state index in [0.29, 0.717) is 0 Å². The highest BCUT2D eigenvalue weighted by atomic mass is 127. The number of hydrogen-bond acceptors (Lipinski definition) is 9. The minimum absolute atomic E-state index is 0.00110. The molecule has 0 bridgehead atoms. The van der Waals surface area contributed by atoms with Gasteiger partial charge >= 0.3 is 0 Å². The molecule has 0 aliphatic carbocycles. The van der Waals surface area contributed by atoms with E-state index in [1.165, 1.54) is 6.92 Å². The van der Waals surface area contributed by atoms with E-state index < -0.39 is 62.4 Å². The van der Waals surface area contributed by atoms with Crippen LogP contribution in [0.5, 0.6) is 0 Å². The van der Waals surface area contributed by atoms with Crippen LogP contribution in [-0.4, -0.2) is 106 Å². The van der Waals surface area contributed by atoms with Gasteiger partial charge in [-0.25, -0.2) is 0 Å². The number of benzene rings is 1. The van der Waals surface area contributed by atoms with Gasteiger partial charge in [-0.15, -0.1) is 0 Å². The molecule has 1 rings (SSSR count). The molecule has 0 aromatic heterocycles. The van der Waals surface area contributed by atoms with E-state index in [9.17, 15) is 39.9 Å². The van der Waals surface area contributed by atoms with E-state index in [0.717, 1.165) is 4.90 Å². The van der Waals surface area contributed by atoms with Crippen LogP contribution in [0.25, 0.3) is 0 Å². The molecule has 0 radical (unpaired) electrons. The van der Waals surface area contributed by atoms with Crippen LogP contribution in [0, 0.1) is 10.7 Å². The average molecular weight is 821 g/mol. The van der Waals surface area contributed by atoms with Gasteiger partial charge in [-0.05, 0) is 67.8 Å². The lowest BCUT2D eigenvalue weighted by molar-refractivity contribution is -0.117. The number of carbonyl (C=O) groups is 3. The normalized spacial score (nSPS) is 12.9. The van der Waals surface area contributed by atoms with Gasteiger partial charge in [-0.2, -0.15) is 0 Å². The molecule has 15 heteroatoms. The first kappa shape index (κ1) is 31.6. The summed E-state index contributed by atoms with van der Waals surface area (Å²) < 4.78 is 0.718. The Morgan fingerprint density at radius 3 is 1.76 bits per heavy atom. The van der Waals surface area contributed by atoms with Crippen molar-refractivity contribution in [3.8, 4) is 0 Å². The summed E-state index contributed by atoms with van der Waals surface area (Å²) >= 11 is 5.44. The molecule has 0 fully saturated rings. The van der Waals surface area contributed by atoms with Gasteiger partial charge in [0.15, 0.2) is 0 Å². The van der Waals surface area contributed by atoms with Crippen LogP contribution >= 0.6 is 67.8 Å². The lowest BCUT2D eigenvalue weighted by atomic mass is 10.1. The van der Waals surface area contributed by atoms with Gasteiger partial charge in [0.1, 0.15) is 0 Å². The minimum Gasteiger partial charge on any atom is -0.394 e. The molecular weight excluding hydrogens is 795 g/mol. The molecule has 12 nitrogen and oxygen atoms in total. The summed E-state index contributed by atoms with van der Waals surface area (Å²) in [5.41, 5.74) is 0.131. The van der Waals surface area contributed by atoms with Crippen molar-refractivity contribution in [2.45, 2.75) is 25.2 Å². The zero-order valence-electron chi connectivity index (χ0n) is 18.0. The second-order valence-corrected chi connectivity index (χ2v) is 10.3. The Balaban J connectivity index is 3.79. The fraction of sp³-hybridized carbons (Fsp3) is 0.526. The predicted molar refractivity (Wildman–Crippen MR) is 147 cm³/mol. The van der Waals surface area contributed by atoms with E-state index in [-0.39, 0.29) is 40.6 Å². The maximum absolute atomic E-state index is 13.1. The Hall–Kier alpha value is -0.420. The molecule has 3 amide bonds. The third-order valence-corrected chi connectivity index (χ3v) is 7.67. The summed E-state index contributed by atoms with van der Waals surface area (Å²) in [5, 5.41) is 61.4. The number of halogens is 3. The molecule has 2 atom stereocenters. The van der Waals surface area contributed by atoms with E-state index in [4.69, 9.17) is 5.11 Å². The molecular formula is C19H26I3N3O9. The SMILES string of the molecule is CC(=O)N(CC(O)CO)c1c(I)c(C(=O)NCC(O)CO)c(I)c(C(=O)NC(CO)CO)c1I. The van der Waals surface area contributed by atoms with Gasteiger partial charge in [-0.1, -0.05) is 0 Å². The van der Waals surface area contributed by atoms with Crippen molar-refractivity contribution in [2.75, 3.05) is 44.4 Å². The average Bonchev–Trinajstić information content (AvgIpc) is 2.79. The Labute approximate surface area is 236 Å². The van der Waals surface area contributed by atoms with Gasteiger partial charge in [0, 0.05) is 17.0 Å². The van der Waals surface area contributed by atoms with Crippen LogP contribution in [0.2, 0.25) is 0 Å². The summed E-state index contributed by atoms with van der Waals surface area (Å²) in [4.78, 5) is 39.7. The van der Waals surface area contributed by atoms with Crippen molar-refractivity contribution in [3.05, 3.63) is 21.8 Å². The third kappa shape index (κ3) is 8.05. The van der Waals surface area contributed by atoms with Gasteiger partial charge in [0.05, 0.1) is 75.2 Å². The zero-order valence-corrected chi connectivity index (χ0v) is 24.4. The fourth-order valence-electron chi connectivity index (χ4n) is 2.70. The third-order valence-electron chi connectivity index (χ3n) is 4.49. The summed E-state index contributed by atoms with van der Waals surface area (Å²) in [5.74, 6) is -1.95. The number of amides is 3. The summed E-state index contributed by atoms with van der Waals surface area (Å²) in [7, 11) is 0. The zero-order chi connectivity index (χ0) is 26.2. The minimum atomic E-state index is -1.29. The fourth-order valence-corrected chi connectivity index (χ4v) is 7.43. The molecule has 0 aliphatic rings. The Morgan fingerprint density at radius 1 is 0.824 bits per heavy atom. The lowest BCUT2D eigenvalue weighted by Gasteiger charge is -2.29. The highest BCUT2D eigenvalue weighted by molar-refractivity contribution is 14.1. The van der Waals surface area contributed by atoms with Crippen molar-refractivity contribution in [3.63, 3.8) is 0 Å². The molecule has 34 heavy (non-hydrogen) atoms. The highest BCUT2D eigenvalue weighted by Crippen LogP contribution is 2.38. The van der Waals surface area contributed by atoms with Gasteiger partial charge in [-0.3, -0.25) is 14.4 Å². The monoisotopic (exact) mass is 821 g/mol. The van der Waals surface area contributed by atoms with Crippen molar-refractivity contribution in [1.29, 1.82) is 0 Å². The van der Waals surface area contributed by atoms with E-state index in [2.05, 4.69) is 10.6 Å².